The summed E-state index contributed by atoms with van der Waals surface area (Å²) in [4.78, 5) is 28.5. The number of rotatable bonds is 3. The highest BCUT2D eigenvalue weighted by molar-refractivity contribution is 5.93. The first kappa shape index (κ1) is 14.6. The smallest absolute Gasteiger partial charge is 0.270 e. The van der Waals surface area contributed by atoms with Crippen molar-refractivity contribution in [2.45, 2.75) is 44.1 Å². The predicted molar refractivity (Wildman–Crippen MR) is 80.7 cm³/mol. The van der Waals surface area contributed by atoms with Crippen molar-refractivity contribution in [3.63, 3.8) is 0 Å². The van der Waals surface area contributed by atoms with Gasteiger partial charge < -0.3 is 11.1 Å². The summed E-state index contributed by atoms with van der Waals surface area (Å²) in [6.45, 7) is 0. The summed E-state index contributed by atoms with van der Waals surface area (Å²) in [5, 5.41) is 3.07. The predicted octanol–water partition coefficient (Wildman–Crippen LogP) is 1.77. The van der Waals surface area contributed by atoms with E-state index in [1.807, 2.05) is 0 Å². The molecule has 0 saturated heterocycles. The second-order valence-electron chi connectivity index (χ2n) is 7.70. The van der Waals surface area contributed by atoms with Crippen molar-refractivity contribution in [1.29, 1.82) is 0 Å². The Kier molecular flexibility index (Phi) is 3.02. The van der Waals surface area contributed by atoms with Crippen molar-refractivity contribution in [2.75, 3.05) is 0 Å². The van der Waals surface area contributed by atoms with Gasteiger partial charge in [0.25, 0.3) is 5.91 Å². The monoisotopic (exact) mass is 317 g/mol. The normalized spacial score (nSPS) is 37.6. The van der Waals surface area contributed by atoms with E-state index in [1.165, 1.54) is 12.3 Å². The highest BCUT2D eigenvalue weighted by Crippen LogP contribution is 2.61. The number of amides is 2. The van der Waals surface area contributed by atoms with Crippen LogP contribution in [0.15, 0.2) is 18.3 Å². The van der Waals surface area contributed by atoms with Gasteiger partial charge in [0.1, 0.15) is 11.5 Å². The molecule has 3 N–H and O–H groups in total. The highest BCUT2D eigenvalue weighted by Gasteiger charge is 2.60. The van der Waals surface area contributed by atoms with Gasteiger partial charge >= 0.3 is 0 Å². The van der Waals surface area contributed by atoms with Crippen LogP contribution in [0.4, 0.5) is 4.39 Å². The molecule has 4 fully saturated rings. The third-order valence-corrected chi connectivity index (χ3v) is 5.92. The van der Waals surface area contributed by atoms with Crippen molar-refractivity contribution in [3.8, 4) is 0 Å². The molecule has 4 saturated carbocycles. The number of carbonyl (C=O) groups is 2. The Labute approximate surface area is 133 Å². The zero-order valence-electron chi connectivity index (χ0n) is 12.8. The van der Waals surface area contributed by atoms with Crippen molar-refractivity contribution in [2.24, 2.45) is 23.0 Å². The molecule has 2 unspecified atom stereocenters. The average molecular weight is 317 g/mol. The van der Waals surface area contributed by atoms with Crippen LogP contribution in [-0.4, -0.2) is 22.3 Å². The van der Waals surface area contributed by atoms with Crippen LogP contribution >= 0.6 is 0 Å². The molecule has 5 nitrogen and oxygen atoms in total. The third-order valence-electron chi connectivity index (χ3n) is 5.92. The maximum Gasteiger partial charge on any atom is 0.270 e. The summed E-state index contributed by atoms with van der Waals surface area (Å²) in [5.41, 5.74) is 4.90. The molecule has 0 spiro atoms. The van der Waals surface area contributed by atoms with Gasteiger partial charge in [0.05, 0.1) is 5.41 Å². The molecule has 1 aromatic rings. The maximum atomic E-state index is 13.3. The summed E-state index contributed by atoms with van der Waals surface area (Å²) in [6, 6.07) is 2.35. The van der Waals surface area contributed by atoms with Gasteiger partial charge in [0.2, 0.25) is 5.91 Å². The van der Waals surface area contributed by atoms with E-state index < -0.39 is 16.8 Å². The maximum absolute atomic E-state index is 13.3. The molecule has 4 aliphatic rings. The lowest BCUT2D eigenvalue weighted by Crippen LogP contribution is -2.65. The van der Waals surface area contributed by atoms with Gasteiger partial charge in [0.15, 0.2) is 0 Å². The van der Waals surface area contributed by atoms with Gasteiger partial charge in [-0.2, -0.15) is 0 Å². The van der Waals surface area contributed by atoms with Crippen molar-refractivity contribution >= 4 is 11.8 Å². The molecule has 6 heteroatoms. The van der Waals surface area contributed by atoms with Gasteiger partial charge in [-0.25, -0.2) is 4.39 Å². The third kappa shape index (κ3) is 2.31. The standard InChI is InChI=1S/C17H20FN3O2/c18-12-1-2-20-13(4-12)14(22)21-17-7-10-3-11(8-17)6-16(5-10,9-17)15(19)23/h1-2,4,10-11H,3,5-9H2,(H2,19,23)(H,21,22). The van der Waals surface area contributed by atoms with Crippen molar-refractivity contribution in [3.05, 3.63) is 29.8 Å². The molecule has 0 aromatic carbocycles. The van der Waals surface area contributed by atoms with Crippen LogP contribution in [0.25, 0.3) is 0 Å². The summed E-state index contributed by atoms with van der Waals surface area (Å²) < 4.78 is 13.3. The number of nitrogens with zero attached hydrogens (tertiary/aromatic N) is 1. The molecular weight excluding hydrogens is 297 g/mol. The number of nitrogens with two attached hydrogens (primary N) is 1. The number of nitrogens with one attached hydrogen (secondary N) is 1. The first-order valence-electron chi connectivity index (χ1n) is 8.14. The Hall–Kier alpha value is -1.98. The summed E-state index contributed by atoms with van der Waals surface area (Å²) in [7, 11) is 0. The molecular formula is C17H20FN3O2. The molecule has 5 rings (SSSR count). The summed E-state index contributed by atoms with van der Waals surface area (Å²) >= 11 is 0. The fourth-order valence-electron chi connectivity index (χ4n) is 5.53. The Morgan fingerprint density at radius 1 is 1.26 bits per heavy atom. The number of hydrogen-bond acceptors (Lipinski definition) is 3. The molecule has 4 aliphatic carbocycles. The van der Waals surface area contributed by atoms with E-state index in [-0.39, 0.29) is 17.5 Å². The van der Waals surface area contributed by atoms with Crippen LogP contribution in [0.5, 0.6) is 0 Å². The van der Waals surface area contributed by atoms with E-state index in [0.29, 0.717) is 18.3 Å². The largest absolute Gasteiger partial charge is 0.369 e. The molecule has 23 heavy (non-hydrogen) atoms. The summed E-state index contributed by atoms with van der Waals surface area (Å²) in [6.07, 6.45) is 6.44. The minimum Gasteiger partial charge on any atom is -0.369 e. The van der Waals surface area contributed by atoms with Crippen molar-refractivity contribution < 1.29 is 14.0 Å². The fourth-order valence-corrected chi connectivity index (χ4v) is 5.53. The topological polar surface area (TPSA) is 85.1 Å². The number of aromatic nitrogens is 1. The van der Waals surface area contributed by atoms with Crippen LogP contribution < -0.4 is 11.1 Å². The van der Waals surface area contributed by atoms with E-state index in [4.69, 9.17) is 5.73 Å². The minimum atomic E-state index is -0.482. The number of primary amides is 1. The van der Waals surface area contributed by atoms with Crippen LogP contribution in [0.2, 0.25) is 0 Å². The zero-order valence-corrected chi connectivity index (χ0v) is 12.8. The van der Waals surface area contributed by atoms with Gasteiger partial charge in [-0.1, -0.05) is 0 Å². The highest BCUT2D eigenvalue weighted by atomic mass is 19.1. The van der Waals surface area contributed by atoms with E-state index >= 15 is 0 Å². The van der Waals surface area contributed by atoms with Crippen LogP contribution in [0, 0.1) is 23.1 Å². The van der Waals surface area contributed by atoms with E-state index in [9.17, 15) is 14.0 Å². The number of carbonyl (C=O) groups excluding carboxylic acids is 2. The lowest BCUT2D eigenvalue weighted by molar-refractivity contribution is -0.146. The molecule has 4 bridgehead atoms. The second-order valence-corrected chi connectivity index (χ2v) is 7.70. The number of hydrogen-bond donors (Lipinski definition) is 2. The molecule has 2 atom stereocenters. The van der Waals surface area contributed by atoms with Gasteiger partial charge in [0, 0.05) is 17.8 Å². The van der Waals surface area contributed by atoms with Gasteiger partial charge in [-0.05, 0) is 56.4 Å². The van der Waals surface area contributed by atoms with E-state index in [2.05, 4.69) is 10.3 Å². The lowest BCUT2D eigenvalue weighted by Gasteiger charge is -2.61. The summed E-state index contributed by atoms with van der Waals surface area (Å²) in [5.74, 6) is -0.224. The van der Waals surface area contributed by atoms with Gasteiger partial charge in [-0.15, -0.1) is 0 Å². The Bertz CT molecular complexity index is 676. The first-order valence-corrected chi connectivity index (χ1v) is 8.14. The molecule has 1 heterocycles. The quantitative estimate of drug-likeness (QED) is 0.891. The van der Waals surface area contributed by atoms with Crippen LogP contribution in [0.3, 0.4) is 0 Å². The Morgan fingerprint density at radius 3 is 2.57 bits per heavy atom. The minimum absolute atomic E-state index is 0.0777. The SMILES string of the molecule is NC(=O)C12CC3CC(CC(NC(=O)c4cc(F)ccn4)(C3)C1)C2. The first-order chi connectivity index (χ1) is 10.9. The Balaban J connectivity index is 1.61. The molecule has 2 amide bonds. The Morgan fingerprint density at radius 2 is 1.96 bits per heavy atom. The molecule has 122 valence electrons. The molecule has 1 aromatic heterocycles. The van der Waals surface area contributed by atoms with E-state index in [0.717, 1.165) is 38.2 Å². The molecule has 0 aliphatic heterocycles. The second kappa shape index (κ2) is 4.76. The van der Waals surface area contributed by atoms with E-state index in [1.54, 1.807) is 0 Å². The number of pyridine rings is 1. The fraction of sp³-hybridized carbons (Fsp3) is 0.588. The van der Waals surface area contributed by atoms with Crippen molar-refractivity contribution in [1.82, 2.24) is 10.3 Å². The zero-order chi connectivity index (χ0) is 16.2. The molecule has 0 radical (unpaired) electrons. The van der Waals surface area contributed by atoms with Crippen LogP contribution in [-0.2, 0) is 4.79 Å². The number of halogens is 1. The average Bonchev–Trinajstić information content (AvgIpc) is 2.45. The van der Waals surface area contributed by atoms with Gasteiger partial charge in [-0.3, -0.25) is 14.6 Å². The lowest BCUT2D eigenvalue weighted by atomic mass is 9.46. The van der Waals surface area contributed by atoms with Crippen LogP contribution in [0.1, 0.15) is 49.0 Å².